The molecule has 0 bridgehead atoms. The zero-order chi connectivity index (χ0) is 12.2. The molecular formula is C15H25N3. The van der Waals surface area contributed by atoms with Crippen molar-refractivity contribution < 1.29 is 0 Å². The summed E-state index contributed by atoms with van der Waals surface area (Å²) in [5.74, 6) is 0.963. The number of hydrogen-bond donors (Lipinski definition) is 1. The second-order valence-corrected chi connectivity index (χ2v) is 5.95. The average Bonchev–Trinajstić information content (AvgIpc) is 3.08. The normalized spacial score (nSPS) is 25.7. The highest BCUT2D eigenvalue weighted by Gasteiger charge is 2.20. The third-order valence-electron chi connectivity index (χ3n) is 4.66. The molecule has 1 N–H and O–H groups in total. The van der Waals surface area contributed by atoms with Gasteiger partial charge in [-0.15, -0.1) is 0 Å². The van der Waals surface area contributed by atoms with Crippen molar-refractivity contribution in [2.24, 2.45) is 5.92 Å². The summed E-state index contributed by atoms with van der Waals surface area (Å²) in [6.45, 7) is 2.33. The van der Waals surface area contributed by atoms with Crippen LogP contribution >= 0.6 is 0 Å². The van der Waals surface area contributed by atoms with Gasteiger partial charge in [0.2, 0.25) is 0 Å². The first kappa shape index (κ1) is 12.2. The summed E-state index contributed by atoms with van der Waals surface area (Å²) in [6.07, 6.45) is 15.3. The van der Waals surface area contributed by atoms with E-state index < -0.39 is 0 Å². The van der Waals surface area contributed by atoms with Crippen LogP contribution in [-0.4, -0.2) is 16.1 Å². The van der Waals surface area contributed by atoms with Crippen LogP contribution in [0, 0.1) is 5.92 Å². The van der Waals surface area contributed by atoms with Gasteiger partial charge in [-0.3, -0.25) is 0 Å². The lowest BCUT2D eigenvalue weighted by Crippen LogP contribution is -2.18. The number of aryl methyl sites for hydroxylation is 1. The molecule has 2 aliphatic rings. The van der Waals surface area contributed by atoms with Gasteiger partial charge in [0.1, 0.15) is 0 Å². The third kappa shape index (κ3) is 2.77. The van der Waals surface area contributed by atoms with E-state index in [9.17, 15) is 0 Å². The van der Waals surface area contributed by atoms with E-state index in [4.69, 9.17) is 0 Å². The van der Waals surface area contributed by atoms with E-state index in [1.807, 2.05) is 6.33 Å². The van der Waals surface area contributed by atoms with E-state index in [2.05, 4.69) is 21.1 Å². The van der Waals surface area contributed by atoms with Gasteiger partial charge in [-0.2, -0.15) is 0 Å². The second-order valence-electron chi connectivity index (χ2n) is 5.95. The van der Waals surface area contributed by atoms with E-state index in [0.29, 0.717) is 6.04 Å². The van der Waals surface area contributed by atoms with E-state index in [-0.39, 0.29) is 0 Å². The zero-order valence-electron chi connectivity index (χ0n) is 11.3. The second kappa shape index (κ2) is 5.87. The number of rotatable bonds is 4. The molecular weight excluding hydrogens is 222 g/mol. The Balaban J connectivity index is 1.56. The van der Waals surface area contributed by atoms with Gasteiger partial charge in [0.25, 0.3) is 0 Å². The number of nitrogens with zero attached hydrogens (tertiary/aromatic N) is 2. The molecule has 0 spiro atoms. The fraction of sp³-hybridized carbons (Fsp3) is 0.800. The minimum atomic E-state index is 0.554. The van der Waals surface area contributed by atoms with Crippen molar-refractivity contribution in [2.45, 2.75) is 64.0 Å². The van der Waals surface area contributed by atoms with Crippen LogP contribution in [0.5, 0.6) is 0 Å². The Labute approximate surface area is 110 Å². The summed E-state index contributed by atoms with van der Waals surface area (Å²) in [5.41, 5.74) is 1.41. The molecule has 1 aliphatic heterocycles. The predicted molar refractivity (Wildman–Crippen MR) is 73.4 cm³/mol. The molecule has 3 nitrogen and oxygen atoms in total. The Bertz CT molecular complexity index is 360. The van der Waals surface area contributed by atoms with Crippen LogP contribution in [0.3, 0.4) is 0 Å². The molecule has 1 aromatic rings. The van der Waals surface area contributed by atoms with Crippen molar-refractivity contribution >= 4 is 0 Å². The molecule has 0 radical (unpaired) electrons. The van der Waals surface area contributed by atoms with Crippen LogP contribution in [0.2, 0.25) is 0 Å². The minimum absolute atomic E-state index is 0.554. The fourth-order valence-corrected chi connectivity index (χ4v) is 3.54. The Morgan fingerprint density at radius 3 is 2.83 bits per heavy atom. The Morgan fingerprint density at radius 2 is 2.06 bits per heavy atom. The third-order valence-corrected chi connectivity index (χ3v) is 4.66. The number of nitrogens with one attached hydrogen (secondary N) is 1. The molecule has 0 unspecified atom stereocenters. The van der Waals surface area contributed by atoms with Gasteiger partial charge in [0.15, 0.2) is 0 Å². The molecule has 1 atom stereocenters. The highest BCUT2D eigenvalue weighted by Crippen LogP contribution is 2.28. The fourth-order valence-electron chi connectivity index (χ4n) is 3.54. The van der Waals surface area contributed by atoms with Crippen molar-refractivity contribution in [3.63, 3.8) is 0 Å². The van der Waals surface area contributed by atoms with Gasteiger partial charge >= 0.3 is 0 Å². The van der Waals surface area contributed by atoms with E-state index >= 15 is 0 Å². The summed E-state index contributed by atoms with van der Waals surface area (Å²) in [5, 5.41) is 3.58. The molecule has 1 saturated heterocycles. The average molecular weight is 247 g/mol. The van der Waals surface area contributed by atoms with Gasteiger partial charge in [0.05, 0.1) is 12.0 Å². The van der Waals surface area contributed by atoms with Gasteiger partial charge < -0.3 is 9.88 Å². The maximum absolute atomic E-state index is 4.35. The lowest BCUT2D eigenvalue weighted by Gasteiger charge is -2.22. The van der Waals surface area contributed by atoms with Crippen molar-refractivity contribution in [3.05, 3.63) is 18.2 Å². The number of imidazole rings is 1. The molecule has 2 fully saturated rings. The van der Waals surface area contributed by atoms with Crippen LogP contribution in [0.15, 0.2) is 12.5 Å². The highest BCUT2D eigenvalue weighted by atomic mass is 15.1. The van der Waals surface area contributed by atoms with Gasteiger partial charge in [-0.05, 0) is 31.7 Å². The van der Waals surface area contributed by atoms with Crippen LogP contribution in [0.25, 0.3) is 0 Å². The molecule has 1 aromatic heterocycles. The Hall–Kier alpha value is -0.830. The maximum atomic E-state index is 4.35. The van der Waals surface area contributed by atoms with Crippen molar-refractivity contribution in [2.75, 3.05) is 6.54 Å². The minimum Gasteiger partial charge on any atom is -0.333 e. The van der Waals surface area contributed by atoms with Crippen molar-refractivity contribution in [1.29, 1.82) is 0 Å². The molecule has 0 amide bonds. The zero-order valence-corrected chi connectivity index (χ0v) is 11.3. The molecule has 100 valence electrons. The number of aromatic nitrogens is 2. The monoisotopic (exact) mass is 247 g/mol. The molecule has 18 heavy (non-hydrogen) atoms. The van der Waals surface area contributed by atoms with Crippen LogP contribution in [-0.2, 0) is 6.54 Å². The van der Waals surface area contributed by atoms with Gasteiger partial charge in [0, 0.05) is 18.8 Å². The summed E-state index contributed by atoms with van der Waals surface area (Å²) in [6, 6.07) is 0.554. The van der Waals surface area contributed by atoms with Crippen molar-refractivity contribution in [3.8, 4) is 0 Å². The maximum Gasteiger partial charge on any atom is 0.0948 e. The first-order valence-electron chi connectivity index (χ1n) is 7.67. The lowest BCUT2D eigenvalue weighted by atomic mass is 9.87. The van der Waals surface area contributed by atoms with Gasteiger partial charge in [-0.1, -0.05) is 32.1 Å². The summed E-state index contributed by atoms with van der Waals surface area (Å²) >= 11 is 0. The first-order chi connectivity index (χ1) is 8.93. The summed E-state index contributed by atoms with van der Waals surface area (Å²) in [7, 11) is 0. The topological polar surface area (TPSA) is 29.9 Å². The molecule has 3 heteroatoms. The quantitative estimate of drug-likeness (QED) is 0.885. The van der Waals surface area contributed by atoms with E-state index in [0.717, 1.165) is 12.5 Å². The lowest BCUT2D eigenvalue weighted by molar-refractivity contribution is 0.321. The molecule has 0 aromatic carbocycles. The van der Waals surface area contributed by atoms with Gasteiger partial charge in [-0.25, -0.2) is 4.98 Å². The molecule has 2 heterocycles. The number of hydrogen-bond acceptors (Lipinski definition) is 2. The van der Waals surface area contributed by atoms with Crippen LogP contribution in [0.4, 0.5) is 0 Å². The van der Waals surface area contributed by atoms with Crippen molar-refractivity contribution in [1.82, 2.24) is 14.9 Å². The Morgan fingerprint density at radius 1 is 1.17 bits per heavy atom. The first-order valence-corrected chi connectivity index (χ1v) is 7.67. The molecule has 1 saturated carbocycles. The predicted octanol–water partition coefficient (Wildman–Crippen LogP) is 3.28. The standard InChI is InChI=1S/C15H25N3/c1-2-5-13(6-3-1)8-10-18-12-16-11-15(18)14-7-4-9-17-14/h11-14,17H,1-10H2/t14-/m0/s1. The smallest absolute Gasteiger partial charge is 0.0948 e. The van der Waals surface area contributed by atoms with E-state index in [1.165, 1.54) is 63.6 Å². The largest absolute Gasteiger partial charge is 0.333 e. The molecule has 1 aliphatic carbocycles. The van der Waals surface area contributed by atoms with E-state index in [1.54, 1.807) is 0 Å². The highest BCUT2D eigenvalue weighted by molar-refractivity contribution is 5.07. The summed E-state index contributed by atoms with van der Waals surface area (Å²) < 4.78 is 2.39. The summed E-state index contributed by atoms with van der Waals surface area (Å²) in [4.78, 5) is 4.35. The SMILES string of the molecule is c1ncn(CCC2CCCCC2)c1[C@@H]1CCCN1. The molecule has 3 rings (SSSR count). The Kier molecular flexibility index (Phi) is 3.99. The van der Waals surface area contributed by atoms with Crippen LogP contribution < -0.4 is 5.32 Å². The van der Waals surface area contributed by atoms with Crippen LogP contribution in [0.1, 0.15) is 63.1 Å².